The minimum Gasteiger partial charge on any atom is -0.365 e. The lowest BCUT2D eigenvalue weighted by molar-refractivity contribution is -0.0101. The van der Waals surface area contributed by atoms with Gasteiger partial charge in [-0.25, -0.2) is 4.39 Å². The smallest absolute Gasteiger partial charge is 0.123 e. The molecule has 0 amide bonds. The first-order chi connectivity index (χ1) is 10.3. The summed E-state index contributed by atoms with van der Waals surface area (Å²) >= 11 is 2.34. The van der Waals surface area contributed by atoms with Crippen molar-refractivity contribution in [2.75, 3.05) is 4.43 Å². The molecule has 0 heterocycles. The molecule has 3 rings (SSSR count). The number of alkyl halides is 1. The third-order valence-electron chi connectivity index (χ3n) is 4.02. The van der Waals surface area contributed by atoms with Crippen molar-refractivity contribution in [3.63, 3.8) is 0 Å². The lowest BCUT2D eigenvalue weighted by Gasteiger charge is -2.29. The van der Waals surface area contributed by atoms with Crippen LogP contribution in [0.5, 0.6) is 0 Å². The molecule has 0 aliphatic heterocycles. The van der Waals surface area contributed by atoms with E-state index in [-0.39, 0.29) is 18.0 Å². The first-order valence-corrected chi connectivity index (χ1v) is 8.85. The fourth-order valence-electron chi connectivity index (χ4n) is 2.93. The second-order valence-electron chi connectivity index (χ2n) is 5.41. The number of hydrogen-bond acceptors (Lipinski definition) is 1. The van der Waals surface area contributed by atoms with E-state index in [1.165, 1.54) is 29.7 Å². The fraction of sp³-hybridized carbons (Fsp3) is 0.333. The van der Waals surface area contributed by atoms with Gasteiger partial charge in [0.2, 0.25) is 0 Å². The molecule has 1 aliphatic rings. The molecule has 0 aromatic heterocycles. The van der Waals surface area contributed by atoms with E-state index in [0.717, 1.165) is 22.8 Å². The molecule has 2 unspecified atom stereocenters. The molecular formula is C18H18FIO. The van der Waals surface area contributed by atoms with Crippen LogP contribution in [0, 0.1) is 5.82 Å². The van der Waals surface area contributed by atoms with Gasteiger partial charge in [0, 0.05) is 4.43 Å². The molecule has 2 atom stereocenters. The summed E-state index contributed by atoms with van der Waals surface area (Å²) in [5, 5.41) is 0. The summed E-state index contributed by atoms with van der Waals surface area (Å²) in [6.45, 7) is 0. The number of rotatable bonds is 4. The zero-order valence-electron chi connectivity index (χ0n) is 11.8. The highest BCUT2D eigenvalue weighted by atomic mass is 127. The largest absolute Gasteiger partial charge is 0.365 e. The van der Waals surface area contributed by atoms with Crippen molar-refractivity contribution in [3.8, 4) is 0 Å². The molecule has 0 saturated heterocycles. The maximum Gasteiger partial charge on any atom is 0.123 e. The Bertz CT molecular complexity index is 596. The van der Waals surface area contributed by atoms with Gasteiger partial charge in [-0.3, -0.25) is 0 Å². The fourth-order valence-corrected chi connectivity index (χ4v) is 3.65. The monoisotopic (exact) mass is 396 g/mol. The number of hydrogen-bond donors (Lipinski definition) is 0. The third-order valence-corrected chi connectivity index (χ3v) is 4.82. The van der Waals surface area contributed by atoms with Crippen LogP contribution in [0.25, 0.3) is 0 Å². The Morgan fingerprint density at radius 3 is 2.67 bits per heavy atom. The Morgan fingerprint density at radius 2 is 1.90 bits per heavy atom. The second kappa shape index (κ2) is 6.88. The molecule has 2 aromatic rings. The molecule has 3 heteroatoms. The number of ether oxygens (including phenoxy) is 1. The van der Waals surface area contributed by atoms with Gasteiger partial charge in [0.15, 0.2) is 0 Å². The quantitative estimate of drug-likeness (QED) is 0.497. The minimum absolute atomic E-state index is 0.0161. The number of aryl methyl sites for hydroxylation is 1. The average molecular weight is 396 g/mol. The molecule has 0 radical (unpaired) electrons. The van der Waals surface area contributed by atoms with Gasteiger partial charge in [-0.2, -0.15) is 0 Å². The van der Waals surface area contributed by atoms with Crippen LogP contribution < -0.4 is 0 Å². The van der Waals surface area contributed by atoms with E-state index >= 15 is 0 Å². The molecule has 0 N–H and O–H groups in total. The Kier molecular flexibility index (Phi) is 4.91. The highest BCUT2D eigenvalue weighted by Gasteiger charge is 2.24. The van der Waals surface area contributed by atoms with Gasteiger partial charge in [-0.15, -0.1) is 0 Å². The first kappa shape index (κ1) is 15.0. The van der Waals surface area contributed by atoms with E-state index in [1.807, 2.05) is 12.1 Å². The van der Waals surface area contributed by atoms with Crippen molar-refractivity contribution < 1.29 is 9.13 Å². The lowest BCUT2D eigenvalue weighted by atomic mass is 9.89. The van der Waals surface area contributed by atoms with Crippen molar-refractivity contribution in [3.05, 3.63) is 71.0 Å². The molecule has 1 nitrogen and oxygen atoms in total. The molecule has 0 saturated carbocycles. The van der Waals surface area contributed by atoms with Crippen LogP contribution >= 0.6 is 22.6 Å². The number of benzene rings is 2. The maximum atomic E-state index is 13.1. The Balaban J connectivity index is 1.80. The molecule has 0 fully saturated rings. The lowest BCUT2D eigenvalue weighted by Crippen LogP contribution is -2.16. The molecule has 1 aliphatic carbocycles. The molecule has 0 spiro atoms. The highest BCUT2D eigenvalue weighted by Crippen LogP contribution is 2.36. The Labute approximate surface area is 138 Å². The van der Waals surface area contributed by atoms with E-state index in [0.29, 0.717) is 0 Å². The SMILES string of the molecule is Fc1ccc(C(CI)OC2CCCc3ccccc32)cc1. The van der Waals surface area contributed by atoms with Gasteiger partial charge in [-0.1, -0.05) is 59.0 Å². The summed E-state index contributed by atoms with van der Waals surface area (Å²) in [6, 6.07) is 15.2. The number of fused-ring (bicyclic) bond motifs is 1. The number of halogens is 2. The van der Waals surface area contributed by atoms with Crippen LogP contribution in [-0.4, -0.2) is 4.43 Å². The summed E-state index contributed by atoms with van der Waals surface area (Å²) in [6.07, 6.45) is 3.54. The maximum absolute atomic E-state index is 13.1. The van der Waals surface area contributed by atoms with E-state index < -0.39 is 0 Å². The summed E-state index contributed by atoms with van der Waals surface area (Å²) in [5.74, 6) is -0.200. The summed E-state index contributed by atoms with van der Waals surface area (Å²) in [4.78, 5) is 0. The zero-order chi connectivity index (χ0) is 14.7. The summed E-state index contributed by atoms with van der Waals surface area (Å²) < 4.78 is 20.3. The van der Waals surface area contributed by atoms with Crippen molar-refractivity contribution in [2.24, 2.45) is 0 Å². The van der Waals surface area contributed by atoms with Crippen LogP contribution in [0.3, 0.4) is 0 Å². The van der Waals surface area contributed by atoms with Gasteiger partial charge in [0.1, 0.15) is 5.82 Å². The average Bonchev–Trinajstić information content (AvgIpc) is 2.54. The molecule has 2 aromatic carbocycles. The first-order valence-electron chi connectivity index (χ1n) is 7.32. The Hall–Kier alpha value is -0.940. The van der Waals surface area contributed by atoms with Crippen molar-refractivity contribution in [1.29, 1.82) is 0 Å². The van der Waals surface area contributed by atoms with Crippen LogP contribution in [-0.2, 0) is 11.2 Å². The zero-order valence-corrected chi connectivity index (χ0v) is 13.9. The van der Waals surface area contributed by atoms with Gasteiger partial charge in [0.25, 0.3) is 0 Å². The second-order valence-corrected chi connectivity index (χ2v) is 6.29. The van der Waals surface area contributed by atoms with Gasteiger partial charge < -0.3 is 4.74 Å². The highest BCUT2D eigenvalue weighted by molar-refractivity contribution is 14.1. The van der Waals surface area contributed by atoms with E-state index in [1.54, 1.807) is 0 Å². The molecular weight excluding hydrogens is 378 g/mol. The minimum atomic E-state index is -0.200. The van der Waals surface area contributed by atoms with E-state index in [2.05, 4.69) is 46.9 Å². The van der Waals surface area contributed by atoms with Crippen LogP contribution in [0.4, 0.5) is 4.39 Å². The third kappa shape index (κ3) is 3.46. The van der Waals surface area contributed by atoms with Crippen molar-refractivity contribution >= 4 is 22.6 Å². The van der Waals surface area contributed by atoms with E-state index in [9.17, 15) is 4.39 Å². The van der Waals surface area contributed by atoms with Gasteiger partial charge in [0.05, 0.1) is 12.2 Å². The molecule has 0 bridgehead atoms. The Morgan fingerprint density at radius 1 is 1.14 bits per heavy atom. The van der Waals surface area contributed by atoms with Gasteiger partial charge >= 0.3 is 0 Å². The van der Waals surface area contributed by atoms with Crippen LogP contribution in [0.1, 0.15) is 41.7 Å². The standard InChI is InChI=1S/C18H18FIO/c19-15-10-8-14(9-11-15)18(12-20)21-17-7-3-5-13-4-1-2-6-16(13)17/h1-2,4,6,8-11,17-18H,3,5,7,12H2. The van der Waals surface area contributed by atoms with Crippen LogP contribution in [0.2, 0.25) is 0 Å². The normalized spacial score (nSPS) is 19.0. The van der Waals surface area contributed by atoms with E-state index in [4.69, 9.17) is 4.74 Å². The summed E-state index contributed by atoms with van der Waals surface area (Å²) in [7, 11) is 0. The predicted octanol–water partition coefficient (Wildman–Crippen LogP) is 5.40. The predicted molar refractivity (Wildman–Crippen MR) is 91.2 cm³/mol. The molecule has 21 heavy (non-hydrogen) atoms. The van der Waals surface area contributed by atoms with Crippen molar-refractivity contribution in [2.45, 2.75) is 31.5 Å². The van der Waals surface area contributed by atoms with Gasteiger partial charge in [-0.05, 0) is 48.1 Å². The van der Waals surface area contributed by atoms with Crippen molar-refractivity contribution in [1.82, 2.24) is 0 Å². The summed E-state index contributed by atoms with van der Waals surface area (Å²) in [5.41, 5.74) is 3.77. The topological polar surface area (TPSA) is 9.23 Å². The van der Waals surface area contributed by atoms with Crippen LogP contribution in [0.15, 0.2) is 48.5 Å². The molecule has 110 valence electrons.